The van der Waals surface area contributed by atoms with Gasteiger partial charge in [-0.15, -0.1) is 0 Å². The number of hydrogen-bond donors (Lipinski definition) is 2. The number of aromatic nitrogens is 1. The first-order valence-electron chi connectivity index (χ1n) is 5.38. The highest BCUT2D eigenvalue weighted by atomic mass is 79.9. The van der Waals surface area contributed by atoms with Crippen LogP contribution in [0.3, 0.4) is 0 Å². The molecule has 0 unspecified atom stereocenters. The maximum atomic E-state index is 5.49. The number of ether oxygens (including phenoxy) is 1. The van der Waals surface area contributed by atoms with Gasteiger partial charge in [0.1, 0.15) is 5.75 Å². The van der Waals surface area contributed by atoms with Crippen LogP contribution in [-0.4, -0.2) is 18.6 Å². The van der Waals surface area contributed by atoms with Crippen molar-refractivity contribution in [3.8, 4) is 5.75 Å². The maximum Gasteiger partial charge on any atom is 0.142 e. The van der Waals surface area contributed by atoms with Crippen molar-refractivity contribution in [2.45, 2.75) is 13.0 Å². The Labute approximate surface area is 102 Å². The van der Waals surface area contributed by atoms with Crippen molar-refractivity contribution in [1.82, 2.24) is 10.3 Å². The van der Waals surface area contributed by atoms with Gasteiger partial charge in [-0.05, 0) is 33.6 Å². The van der Waals surface area contributed by atoms with Crippen LogP contribution in [0.2, 0.25) is 0 Å². The molecule has 0 atom stereocenters. The number of hydrogen-bond acceptors (Lipinski definition) is 2. The summed E-state index contributed by atoms with van der Waals surface area (Å²) in [6.45, 7) is 1.96. The molecule has 0 radical (unpaired) electrons. The third-order valence-electron chi connectivity index (χ3n) is 3.12. The third kappa shape index (κ3) is 1.37. The summed E-state index contributed by atoms with van der Waals surface area (Å²) in [5.74, 6) is 0.929. The van der Waals surface area contributed by atoms with Gasteiger partial charge in [0.05, 0.1) is 11.6 Å². The molecule has 16 heavy (non-hydrogen) atoms. The van der Waals surface area contributed by atoms with Gasteiger partial charge >= 0.3 is 0 Å². The van der Waals surface area contributed by atoms with Crippen LogP contribution in [0.4, 0.5) is 0 Å². The molecule has 0 saturated heterocycles. The zero-order valence-corrected chi connectivity index (χ0v) is 10.6. The smallest absolute Gasteiger partial charge is 0.142 e. The van der Waals surface area contributed by atoms with Crippen molar-refractivity contribution in [2.24, 2.45) is 0 Å². The first-order chi connectivity index (χ1) is 7.81. The molecule has 1 aromatic carbocycles. The van der Waals surface area contributed by atoms with Gasteiger partial charge in [-0.25, -0.2) is 0 Å². The van der Waals surface area contributed by atoms with Crippen LogP contribution in [0, 0.1) is 0 Å². The van der Waals surface area contributed by atoms with E-state index in [1.165, 1.54) is 16.6 Å². The fraction of sp³-hybridized carbons (Fsp3) is 0.333. The second-order valence-corrected chi connectivity index (χ2v) is 4.87. The molecule has 2 heterocycles. The number of halogens is 1. The lowest BCUT2D eigenvalue weighted by Gasteiger charge is -2.13. The van der Waals surface area contributed by atoms with E-state index < -0.39 is 0 Å². The second kappa shape index (κ2) is 3.79. The summed E-state index contributed by atoms with van der Waals surface area (Å²) < 4.78 is 6.50. The lowest BCUT2D eigenvalue weighted by Crippen LogP contribution is -2.22. The van der Waals surface area contributed by atoms with Gasteiger partial charge in [-0.2, -0.15) is 0 Å². The quantitative estimate of drug-likeness (QED) is 0.843. The Morgan fingerprint density at radius 1 is 1.38 bits per heavy atom. The molecule has 3 rings (SSSR count). The highest BCUT2D eigenvalue weighted by molar-refractivity contribution is 9.10. The summed E-state index contributed by atoms with van der Waals surface area (Å²) in [4.78, 5) is 3.48. The summed E-state index contributed by atoms with van der Waals surface area (Å²) in [5, 5.41) is 4.61. The van der Waals surface area contributed by atoms with Crippen molar-refractivity contribution >= 4 is 26.8 Å². The Morgan fingerprint density at radius 3 is 3.06 bits per heavy atom. The van der Waals surface area contributed by atoms with Crippen molar-refractivity contribution in [1.29, 1.82) is 0 Å². The van der Waals surface area contributed by atoms with Crippen molar-refractivity contribution in [2.75, 3.05) is 13.7 Å². The Balaban J connectivity index is 2.36. The summed E-state index contributed by atoms with van der Waals surface area (Å²) in [6.07, 6.45) is 1.06. The Kier molecular flexibility index (Phi) is 2.41. The van der Waals surface area contributed by atoms with E-state index in [1.54, 1.807) is 7.11 Å². The zero-order valence-electron chi connectivity index (χ0n) is 9.06. The van der Waals surface area contributed by atoms with Gasteiger partial charge in [0, 0.05) is 36.1 Å². The lowest BCUT2D eigenvalue weighted by atomic mass is 10.1. The van der Waals surface area contributed by atoms with Crippen LogP contribution in [-0.2, 0) is 13.0 Å². The zero-order chi connectivity index (χ0) is 11.1. The minimum Gasteiger partial charge on any atom is -0.495 e. The molecule has 4 heteroatoms. The molecule has 0 saturated carbocycles. The number of aromatic amines is 1. The van der Waals surface area contributed by atoms with Crippen molar-refractivity contribution in [3.05, 3.63) is 27.9 Å². The monoisotopic (exact) mass is 280 g/mol. The molecule has 0 spiro atoms. The van der Waals surface area contributed by atoms with E-state index in [2.05, 4.69) is 32.3 Å². The molecule has 84 valence electrons. The molecule has 0 fully saturated rings. The number of fused-ring (bicyclic) bond motifs is 3. The number of nitrogens with one attached hydrogen (secondary N) is 2. The molecule has 1 aliphatic rings. The van der Waals surface area contributed by atoms with E-state index in [-0.39, 0.29) is 0 Å². The Bertz CT molecular complexity index is 547. The van der Waals surface area contributed by atoms with Crippen LogP contribution in [0.1, 0.15) is 11.3 Å². The van der Waals surface area contributed by atoms with Gasteiger partial charge in [0.15, 0.2) is 0 Å². The predicted molar refractivity (Wildman–Crippen MR) is 68.0 cm³/mol. The van der Waals surface area contributed by atoms with E-state index >= 15 is 0 Å². The molecule has 0 aliphatic carbocycles. The minimum atomic E-state index is 0.919. The van der Waals surface area contributed by atoms with Crippen LogP contribution in [0.25, 0.3) is 10.9 Å². The minimum absolute atomic E-state index is 0.919. The Hall–Kier alpha value is -1.00. The first-order valence-corrected chi connectivity index (χ1v) is 6.17. The van der Waals surface area contributed by atoms with E-state index in [1.807, 2.05) is 6.07 Å². The summed E-state index contributed by atoms with van der Waals surface area (Å²) in [6, 6.07) is 4.12. The topological polar surface area (TPSA) is 37.0 Å². The molecular weight excluding hydrogens is 268 g/mol. The largest absolute Gasteiger partial charge is 0.495 e. The number of benzene rings is 1. The molecule has 0 bridgehead atoms. The fourth-order valence-corrected chi connectivity index (χ4v) is 2.88. The number of H-pyrrole nitrogens is 1. The number of methoxy groups -OCH3 is 1. The van der Waals surface area contributed by atoms with E-state index in [9.17, 15) is 0 Å². The summed E-state index contributed by atoms with van der Waals surface area (Å²) in [7, 11) is 1.72. The normalized spacial score (nSPS) is 15.1. The maximum absolute atomic E-state index is 5.49. The molecule has 2 N–H and O–H groups in total. The van der Waals surface area contributed by atoms with Gasteiger partial charge in [0.25, 0.3) is 0 Å². The van der Waals surface area contributed by atoms with Gasteiger partial charge in [-0.1, -0.05) is 0 Å². The third-order valence-corrected chi connectivity index (χ3v) is 3.74. The predicted octanol–water partition coefficient (Wildman–Crippen LogP) is 2.58. The van der Waals surface area contributed by atoms with Crippen LogP contribution >= 0.6 is 15.9 Å². The van der Waals surface area contributed by atoms with Crippen LogP contribution in [0.15, 0.2) is 16.6 Å². The highest BCUT2D eigenvalue weighted by Gasteiger charge is 2.19. The average molecular weight is 281 g/mol. The summed E-state index contributed by atoms with van der Waals surface area (Å²) >= 11 is 3.53. The summed E-state index contributed by atoms with van der Waals surface area (Å²) in [5.41, 5.74) is 3.85. The van der Waals surface area contributed by atoms with Gasteiger partial charge in [-0.3, -0.25) is 0 Å². The SMILES string of the molecule is COc1c(Br)ccc2[nH]c3c(c12)CNCC3. The van der Waals surface area contributed by atoms with Gasteiger partial charge < -0.3 is 15.0 Å². The lowest BCUT2D eigenvalue weighted by molar-refractivity contribution is 0.417. The fourth-order valence-electron chi connectivity index (χ4n) is 2.38. The van der Waals surface area contributed by atoms with Crippen molar-refractivity contribution < 1.29 is 4.74 Å². The molecule has 0 amide bonds. The highest BCUT2D eigenvalue weighted by Crippen LogP contribution is 2.37. The molecule has 1 aromatic heterocycles. The molecule has 3 nitrogen and oxygen atoms in total. The Morgan fingerprint density at radius 2 is 2.25 bits per heavy atom. The molecule has 1 aliphatic heterocycles. The number of rotatable bonds is 1. The van der Waals surface area contributed by atoms with Crippen LogP contribution < -0.4 is 10.1 Å². The molecule has 2 aromatic rings. The van der Waals surface area contributed by atoms with Gasteiger partial charge in [0.2, 0.25) is 0 Å². The van der Waals surface area contributed by atoms with Crippen LogP contribution in [0.5, 0.6) is 5.75 Å². The standard InChI is InChI=1S/C12H13BrN2O/c1-16-12-8(13)2-3-10-11(12)7-6-14-5-4-9(7)15-10/h2-3,14-15H,4-6H2,1H3. The van der Waals surface area contributed by atoms with E-state index in [0.29, 0.717) is 0 Å². The second-order valence-electron chi connectivity index (χ2n) is 4.01. The average Bonchev–Trinajstić information content (AvgIpc) is 2.68. The van der Waals surface area contributed by atoms with E-state index in [0.717, 1.165) is 35.2 Å². The van der Waals surface area contributed by atoms with Crippen molar-refractivity contribution in [3.63, 3.8) is 0 Å². The first kappa shape index (κ1) is 10.2. The molecular formula is C12H13BrN2O. The van der Waals surface area contributed by atoms with E-state index in [4.69, 9.17) is 4.74 Å².